The summed E-state index contributed by atoms with van der Waals surface area (Å²) in [5, 5.41) is 10.1. The molecule has 1 saturated heterocycles. The van der Waals surface area contributed by atoms with Gasteiger partial charge in [-0.2, -0.15) is 0 Å². The molecule has 1 fully saturated rings. The Morgan fingerprint density at radius 1 is 1.50 bits per heavy atom. The van der Waals surface area contributed by atoms with Crippen molar-refractivity contribution in [2.24, 2.45) is 0 Å². The van der Waals surface area contributed by atoms with Crippen LogP contribution in [-0.4, -0.2) is 56.0 Å². The molecule has 1 aliphatic rings. The molecule has 0 unspecified atom stereocenters. The molecule has 0 bridgehead atoms. The fourth-order valence-electron chi connectivity index (χ4n) is 2.06. The highest BCUT2D eigenvalue weighted by Gasteiger charge is 2.38. The first-order valence-electron chi connectivity index (χ1n) is 6.47. The van der Waals surface area contributed by atoms with Crippen LogP contribution in [0.4, 0.5) is 0 Å². The van der Waals surface area contributed by atoms with Crippen LogP contribution in [0.3, 0.4) is 0 Å². The Labute approximate surface area is 124 Å². The number of nitrogens with zero attached hydrogens (tertiary/aromatic N) is 1. The van der Waals surface area contributed by atoms with E-state index >= 15 is 0 Å². The van der Waals surface area contributed by atoms with Gasteiger partial charge in [0.1, 0.15) is 12.2 Å². The SMILES string of the molecule is Cc1cn([C@@H]2OC[C@H](OCCP(=O)(O)O)[C@H]2O)c(=O)[nH]c1=O. The number of rotatable bonds is 5. The van der Waals surface area contributed by atoms with Crippen molar-refractivity contribution >= 4 is 7.60 Å². The molecule has 4 N–H and O–H groups in total. The molecule has 0 amide bonds. The van der Waals surface area contributed by atoms with E-state index in [1.165, 1.54) is 13.1 Å². The van der Waals surface area contributed by atoms with Gasteiger partial charge in [-0.1, -0.05) is 0 Å². The Hall–Kier alpha value is -1.29. The van der Waals surface area contributed by atoms with Gasteiger partial charge in [0.05, 0.1) is 19.4 Å². The zero-order valence-electron chi connectivity index (χ0n) is 11.7. The van der Waals surface area contributed by atoms with Gasteiger partial charge in [-0.25, -0.2) is 4.79 Å². The zero-order chi connectivity index (χ0) is 16.5. The van der Waals surface area contributed by atoms with Crippen LogP contribution in [0.1, 0.15) is 11.8 Å². The number of H-pyrrole nitrogens is 1. The fraction of sp³-hybridized carbons (Fsp3) is 0.636. The lowest BCUT2D eigenvalue weighted by molar-refractivity contribution is -0.0354. The van der Waals surface area contributed by atoms with Crippen molar-refractivity contribution < 1.29 is 28.9 Å². The number of nitrogens with one attached hydrogen (secondary N) is 1. The van der Waals surface area contributed by atoms with Crippen molar-refractivity contribution in [2.45, 2.75) is 25.4 Å². The van der Waals surface area contributed by atoms with Gasteiger partial charge in [0, 0.05) is 11.8 Å². The summed E-state index contributed by atoms with van der Waals surface area (Å²) in [7, 11) is -4.18. The number of aliphatic hydroxyl groups excluding tert-OH is 1. The molecule has 0 saturated carbocycles. The average Bonchev–Trinajstić information content (AvgIpc) is 2.74. The lowest BCUT2D eigenvalue weighted by atomic mass is 10.2. The topological polar surface area (TPSA) is 151 Å². The van der Waals surface area contributed by atoms with Crippen LogP contribution in [0.15, 0.2) is 15.8 Å². The number of hydrogen-bond acceptors (Lipinski definition) is 6. The van der Waals surface area contributed by atoms with E-state index in [1.807, 2.05) is 0 Å². The summed E-state index contributed by atoms with van der Waals surface area (Å²) in [5.74, 6) is 0. The van der Waals surface area contributed by atoms with Crippen molar-refractivity contribution in [2.75, 3.05) is 19.4 Å². The van der Waals surface area contributed by atoms with E-state index in [1.54, 1.807) is 0 Å². The second-order valence-electron chi connectivity index (χ2n) is 4.99. The summed E-state index contributed by atoms with van der Waals surface area (Å²) in [6.45, 7) is 1.21. The van der Waals surface area contributed by atoms with Gasteiger partial charge in [-0.15, -0.1) is 0 Å². The third kappa shape index (κ3) is 3.92. The highest BCUT2D eigenvalue weighted by molar-refractivity contribution is 7.51. The van der Waals surface area contributed by atoms with E-state index in [-0.39, 0.29) is 18.8 Å². The highest BCUT2D eigenvalue weighted by atomic mass is 31.2. The maximum atomic E-state index is 11.7. The quantitative estimate of drug-likeness (QED) is 0.464. The van der Waals surface area contributed by atoms with E-state index in [0.29, 0.717) is 0 Å². The average molecular weight is 336 g/mol. The maximum absolute atomic E-state index is 11.7. The lowest BCUT2D eigenvalue weighted by Gasteiger charge is -2.19. The molecule has 10 nitrogen and oxygen atoms in total. The molecule has 124 valence electrons. The van der Waals surface area contributed by atoms with Crippen LogP contribution in [0.25, 0.3) is 0 Å². The van der Waals surface area contributed by atoms with Gasteiger partial charge in [0.2, 0.25) is 0 Å². The van der Waals surface area contributed by atoms with Crippen LogP contribution < -0.4 is 11.2 Å². The molecular formula is C11H17N2O8P. The maximum Gasteiger partial charge on any atom is 0.330 e. The molecule has 0 spiro atoms. The second-order valence-corrected chi connectivity index (χ2v) is 6.77. The van der Waals surface area contributed by atoms with Crippen molar-refractivity contribution in [1.29, 1.82) is 0 Å². The van der Waals surface area contributed by atoms with Crippen LogP contribution in [-0.2, 0) is 14.0 Å². The third-order valence-corrected chi connectivity index (χ3v) is 4.00. The molecule has 2 heterocycles. The minimum atomic E-state index is -4.18. The molecule has 1 aromatic heterocycles. The molecule has 0 aromatic carbocycles. The molecular weight excluding hydrogens is 319 g/mol. The first kappa shape index (κ1) is 17.1. The minimum Gasteiger partial charge on any atom is -0.386 e. The summed E-state index contributed by atoms with van der Waals surface area (Å²) < 4.78 is 22.3. The Morgan fingerprint density at radius 2 is 2.18 bits per heavy atom. The molecule has 0 radical (unpaired) electrons. The Bertz CT molecular complexity index is 692. The Balaban J connectivity index is 2.07. The van der Waals surface area contributed by atoms with Crippen LogP contribution >= 0.6 is 7.60 Å². The normalized spacial score (nSPS) is 25.5. The van der Waals surface area contributed by atoms with Crippen molar-refractivity contribution in [1.82, 2.24) is 9.55 Å². The Morgan fingerprint density at radius 3 is 2.82 bits per heavy atom. The molecule has 2 rings (SSSR count). The zero-order valence-corrected chi connectivity index (χ0v) is 12.6. The van der Waals surface area contributed by atoms with Crippen molar-refractivity contribution in [3.05, 3.63) is 32.6 Å². The second kappa shape index (κ2) is 6.45. The van der Waals surface area contributed by atoms with E-state index in [0.717, 1.165) is 4.57 Å². The number of aryl methyl sites for hydroxylation is 1. The highest BCUT2D eigenvalue weighted by Crippen LogP contribution is 2.34. The summed E-state index contributed by atoms with van der Waals surface area (Å²) >= 11 is 0. The summed E-state index contributed by atoms with van der Waals surface area (Å²) in [6, 6.07) is 0. The van der Waals surface area contributed by atoms with E-state index in [4.69, 9.17) is 19.3 Å². The third-order valence-electron chi connectivity index (χ3n) is 3.24. The smallest absolute Gasteiger partial charge is 0.330 e. The monoisotopic (exact) mass is 336 g/mol. The largest absolute Gasteiger partial charge is 0.386 e. The number of ether oxygens (including phenoxy) is 2. The van der Waals surface area contributed by atoms with Gasteiger partial charge in [0.25, 0.3) is 5.56 Å². The Kier molecular flexibility index (Phi) is 5.00. The lowest BCUT2D eigenvalue weighted by Crippen LogP contribution is -2.38. The van der Waals surface area contributed by atoms with Gasteiger partial charge in [-0.3, -0.25) is 18.9 Å². The van der Waals surface area contributed by atoms with Gasteiger partial charge in [0.15, 0.2) is 6.23 Å². The first-order chi connectivity index (χ1) is 10.2. The molecule has 22 heavy (non-hydrogen) atoms. The first-order valence-corrected chi connectivity index (χ1v) is 8.27. The standard InChI is InChI=1S/C11H17N2O8P/c1-6-4-13(11(16)12-9(6)15)10-8(14)7(5-21-10)20-2-3-22(17,18)19/h4,7-8,10,14H,2-3,5H2,1H3,(H,12,15,16)(H2,17,18,19)/t7-,8+,10+/m0/s1. The van der Waals surface area contributed by atoms with Crippen molar-refractivity contribution in [3.8, 4) is 0 Å². The van der Waals surface area contributed by atoms with E-state index < -0.39 is 43.4 Å². The number of aromatic amines is 1. The predicted octanol–water partition coefficient (Wildman–Crippen LogP) is -1.70. The number of hydrogen-bond donors (Lipinski definition) is 4. The van der Waals surface area contributed by atoms with Gasteiger partial charge in [-0.05, 0) is 6.92 Å². The van der Waals surface area contributed by atoms with Gasteiger partial charge >= 0.3 is 13.3 Å². The summed E-state index contributed by atoms with van der Waals surface area (Å²) in [4.78, 5) is 42.6. The summed E-state index contributed by atoms with van der Waals surface area (Å²) in [5.41, 5.74) is -0.972. The molecule has 0 aliphatic carbocycles. The van der Waals surface area contributed by atoms with E-state index in [9.17, 15) is 19.3 Å². The van der Waals surface area contributed by atoms with Crippen LogP contribution in [0.2, 0.25) is 0 Å². The number of aromatic nitrogens is 2. The molecule has 3 atom stereocenters. The fourth-order valence-corrected chi connectivity index (χ4v) is 2.41. The number of aliphatic hydroxyl groups is 1. The van der Waals surface area contributed by atoms with Gasteiger partial charge < -0.3 is 24.4 Å². The molecule has 1 aromatic rings. The van der Waals surface area contributed by atoms with E-state index in [2.05, 4.69) is 4.98 Å². The van der Waals surface area contributed by atoms with Crippen molar-refractivity contribution in [3.63, 3.8) is 0 Å². The van der Waals surface area contributed by atoms with Crippen LogP contribution in [0, 0.1) is 6.92 Å². The minimum absolute atomic E-state index is 0.0440. The summed E-state index contributed by atoms with van der Waals surface area (Å²) in [6.07, 6.45) is -2.27. The molecule has 11 heteroatoms. The molecule has 1 aliphatic heterocycles. The predicted molar refractivity (Wildman–Crippen MR) is 73.7 cm³/mol. The van der Waals surface area contributed by atoms with Crippen LogP contribution in [0.5, 0.6) is 0 Å².